The van der Waals surface area contributed by atoms with E-state index in [0.29, 0.717) is 6.42 Å². The highest BCUT2D eigenvalue weighted by Gasteiger charge is 2.48. The molecule has 6 N–H and O–H groups in total. The highest BCUT2D eigenvalue weighted by atomic mass is 32.3. The molecule has 0 saturated carbocycles. The van der Waals surface area contributed by atoms with Crippen LogP contribution in [0, 0.1) is 0 Å². The second kappa shape index (κ2) is 50.4. The number of hydrogen-bond acceptors (Lipinski definition) is 10. The van der Waals surface area contributed by atoms with Crippen molar-refractivity contribution in [3.05, 3.63) is 12.2 Å². The van der Waals surface area contributed by atoms with Crippen molar-refractivity contribution in [1.29, 1.82) is 0 Å². The molecule has 434 valence electrons. The molecule has 1 amide bonds. The van der Waals surface area contributed by atoms with Gasteiger partial charge in [0, 0.05) is 6.42 Å². The van der Waals surface area contributed by atoms with Gasteiger partial charge in [0.1, 0.15) is 24.4 Å². The Morgan fingerprint density at radius 3 is 1.19 bits per heavy atom. The molecule has 0 aromatic heterocycles. The average Bonchev–Trinajstić information content (AvgIpc) is 3.37. The fourth-order valence-corrected chi connectivity index (χ4v) is 10.8. The van der Waals surface area contributed by atoms with Crippen LogP contribution in [0.5, 0.6) is 0 Å². The Morgan fingerprint density at radius 2 is 0.863 bits per heavy atom. The summed E-state index contributed by atoms with van der Waals surface area (Å²) >= 11 is 0. The van der Waals surface area contributed by atoms with Crippen molar-refractivity contribution >= 4 is 16.3 Å². The molecular weight excluding hydrogens is 943 g/mol. The average molecular weight is 1060 g/mol. The summed E-state index contributed by atoms with van der Waals surface area (Å²) in [4.78, 5) is 13.2. The first-order valence-electron chi connectivity index (χ1n) is 31.1. The molecule has 1 rings (SSSR count). The standard InChI is InChI=1S/C60H117NO11S/c1-3-5-7-9-11-13-15-17-19-21-23-24-25-26-27-28-29-30-32-34-36-38-40-42-44-46-48-50-56(64)61-53(52-70-60-58(66)59(72-73(67,68)69)57(65)55(51-62)71-60)54(63)49-47-45-43-41-39-37-35-33-31-22-20-18-16-14-12-10-8-6-4-2/h47,49,53-55,57-60,62-63,65-66H,3-46,48,50-52H2,1-2H3,(H,61,64)(H,67,68,69)/b49-47+. The van der Waals surface area contributed by atoms with Gasteiger partial charge in [0.2, 0.25) is 5.91 Å². The quantitative estimate of drug-likeness (QED) is 0.0193. The Morgan fingerprint density at radius 1 is 0.534 bits per heavy atom. The van der Waals surface area contributed by atoms with Crippen LogP contribution in [0.1, 0.15) is 309 Å². The molecule has 7 atom stereocenters. The molecule has 13 heteroatoms. The minimum atomic E-state index is -5.09. The van der Waals surface area contributed by atoms with E-state index in [1.54, 1.807) is 6.08 Å². The zero-order valence-corrected chi connectivity index (χ0v) is 48.0. The normalized spacial score (nSPS) is 19.2. The summed E-state index contributed by atoms with van der Waals surface area (Å²) in [7, 11) is -5.09. The molecule has 73 heavy (non-hydrogen) atoms. The van der Waals surface area contributed by atoms with E-state index in [4.69, 9.17) is 9.47 Å². The third kappa shape index (κ3) is 42.5. The lowest BCUT2D eigenvalue weighted by Crippen LogP contribution is -2.61. The van der Waals surface area contributed by atoms with Crippen LogP contribution >= 0.6 is 0 Å². The third-order valence-corrected chi connectivity index (χ3v) is 15.5. The van der Waals surface area contributed by atoms with Crippen LogP contribution in [0.4, 0.5) is 0 Å². The molecule has 1 saturated heterocycles. The predicted molar refractivity (Wildman–Crippen MR) is 301 cm³/mol. The van der Waals surface area contributed by atoms with Crippen molar-refractivity contribution in [3.8, 4) is 0 Å². The molecule has 1 fully saturated rings. The first-order chi connectivity index (χ1) is 35.5. The van der Waals surface area contributed by atoms with E-state index in [1.165, 1.54) is 244 Å². The minimum Gasteiger partial charge on any atom is -0.394 e. The largest absolute Gasteiger partial charge is 0.397 e. The van der Waals surface area contributed by atoms with Crippen LogP contribution in [-0.2, 0) is 28.9 Å². The van der Waals surface area contributed by atoms with E-state index < -0.39 is 59.9 Å². The van der Waals surface area contributed by atoms with E-state index in [-0.39, 0.29) is 18.9 Å². The van der Waals surface area contributed by atoms with Crippen molar-refractivity contribution in [1.82, 2.24) is 5.32 Å². The number of hydrogen-bond donors (Lipinski definition) is 6. The van der Waals surface area contributed by atoms with Crippen LogP contribution < -0.4 is 5.32 Å². The number of nitrogens with one attached hydrogen (secondary N) is 1. The number of ether oxygens (including phenoxy) is 2. The van der Waals surface area contributed by atoms with Crippen molar-refractivity contribution in [2.45, 2.75) is 352 Å². The van der Waals surface area contributed by atoms with Gasteiger partial charge in [-0.2, -0.15) is 8.42 Å². The summed E-state index contributed by atoms with van der Waals surface area (Å²) in [6.07, 6.45) is 52.7. The topological polar surface area (TPSA) is 192 Å². The lowest BCUT2D eigenvalue weighted by atomic mass is 9.99. The van der Waals surface area contributed by atoms with Crippen molar-refractivity contribution in [3.63, 3.8) is 0 Å². The maximum absolute atomic E-state index is 13.2. The molecule has 0 spiro atoms. The van der Waals surface area contributed by atoms with Gasteiger partial charge in [-0.25, -0.2) is 4.18 Å². The molecule has 0 bridgehead atoms. The Kier molecular flexibility index (Phi) is 48.2. The number of aliphatic hydroxyl groups excluding tert-OH is 4. The van der Waals surface area contributed by atoms with Gasteiger partial charge in [-0.15, -0.1) is 0 Å². The molecule has 1 heterocycles. The first kappa shape index (κ1) is 69.9. The Hall–Kier alpha value is -1.16. The van der Waals surface area contributed by atoms with Crippen molar-refractivity contribution in [2.75, 3.05) is 13.2 Å². The lowest BCUT2D eigenvalue weighted by Gasteiger charge is -2.41. The van der Waals surface area contributed by atoms with Gasteiger partial charge < -0.3 is 35.2 Å². The van der Waals surface area contributed by atoms with Crippen LogP contribution in [0.15, 0.2) is 12.2 Å². The number of allylic oxidation sites excluding steroid dienone is 1. The van der Waals surface area contributed by atoms with Crippen LogP contribution in [0.3, 0.4) is 0 Å². The molecule has 7 unspecified atom stereocenters. The fraction of sp³-hybridized carbons (Fsp3) is 0.950. The lowest BCUT2D eigenvalue weighted by molar-refractivity contribution is -0.298. The summed E-state index contributed by atoms with van der Waals surface area (Å²) < 4.78 is 47.9. The van der Waals surface area contributed by atoms with Gasteiger partial charge in [-0.3, -0.25) is 9.35 Å². The summed E-state index contributed by atoms with van der Waals surface area (Å²) in [5.41, 5.74) is 0. The second-order valence-corrected chi connectivity index (χ2v) is 23.1. The number of carbonyl (C=O) groups excluding carboxylic acids is 1. The Balaban J connectivity index is 2.30. The van der Waals surface area contributed by atoms with Gasteiger partial charge in [-0.05, 0) is 19.3 Å². The van der Waals surface area contributed by atoms with Gasteiger partial charge in [-0.1, -0.05) is 296 Å². The van der Waals surface area contributed by atoms with Crippen molar-refractivity contribution < 1.29 is 51.8 Å². The maximum atomic E-state index is 13.2. The molecule has 0 radical (unpaired) electrons. The van der Waals surface area contributed by atoms with Crippen LogP contribution in [0.2, 0.25) is 0 Å². The van der Waals surface area contributed by atoms with E-state index in [1.807, 2.05) is 6.08 Å². The third-order valence-electron chi connectivity index (χ3n) is 15.1. The number of amides is 1. The minimum absolute atomic E-state index is 0.254. The Bertz CT molecular complexity index is 1340. The highest BCUT2D eigenvalue weighted by molar-refractivity contribution is 7.80. The molecule has 1 aliphatic heterocycles. The van der Waals surface area contributed by atoms with Gasteiger partial charge in [0.15, 0.2) is 6.29 Å². The second-order valence-electron chi connectivity index (χ2n) is 22.0. The first-order valence-corrected chi connectivity index (χ1v) is 32.4. The number of unbranched alkanes of at least 4 members (excludes halogenated alkanes) is 43. The molecule has 0 aliphatic carbocycles. The monoisotopic (exact) mass is 1060 g/mol. The zero-order valence-electron chi connectivity index (χ0n) is 47.2. The summed E-state index contributed by atoms with van der Waals surface area (Å²) in [6.45, 7) is 3.45. The van der Waals surface area contributed by atoms with E-state index in [0.717, 1.165) is 38.5 Å². The highest BCUT2D eigenvalue weighted by Crippen LogP contribution is 2.26. The maximum Gasteiger partial charge on any atom is 0.397 e. The fourth-order valence-electron chi connectivity index (χ4n) is 10.3. The molecule has 0 aromatic rings. The molecule has 0 aromatic carbocycles. The predicted octanol–water partition coefficient (Wildman–Crippen LogP) is 15.0. The van der Waals surface area contributed by atoms with E-state index in [2.05, 4.69) is 23.3 Å². The number of rotatable bonds is 55. The molecule has 1 aliphatic rings. The van der Waals surface area contributed by atoms with Crippen molar-refractivity contribution in [2.24, 2.45) is 0 Å². The van der Waals surface area contributed by atoms with Gasteiger partial charge in [0.05, 0.1) is 25.4 Å². The van der Waals surface area contributed by atoms with Crippen LogP contribution in [-0.4, -0.2) is 95.4 Å². The van der Waals surface area contributed by atoms with Gasteiger partial charge >= 0.3 is 10.4 Å². The zero-order chi connectivity index (χ0) is 53.3. The molecular formula is C60H117NO11S. The smallest absolute Gasteiger partial charge is 0.394 e. The Labute approximate surface area is 449 Å². The SMILES string of the molecule is CCCCCCCCCCCCCCCCCCC/C=C/C(O)C(COC1OC(CO)C(O)C(OS(=O)(=O)O)C1O)NC(=O)CCCCCCCCCCCCCCCCCCCCCCCCCCCCC. The van der Waals surface area contributed by atoms with E-state index in [9.17, 15) is 38.2 Å². The van der Waals surface area contributed by atoms with Crippen LogP contribution in [0.25, 0.3) is 0 Å². The van der Waals surface area contributed by atoms with Gasteiger partial charge in [0.25, 0.3) is 0 Å². The summed E-state index contributed by atoms with van der Waals surface area (Å²) in [5, 5.41) is 45.0. The number of carbonyl (C=O) groups is 1. The molecule has 12 nitrogen and oxygen atoms in total. The van der Waals surface area contributed by atoms with E-state index >= 15 is 0 Å². The summed E-state index contributed by atoms with van der Waals surface area (Å²) in [6, 6.07) is -0.940. The number of aliphatic hydroxyl groups is 4. The summed E-state index contributed by atoms with van der Waals surface area (Å²) in [5.74, 6) is -0.254.